The second-order valence-electron chi connectivity index (χ2n) is 4.89. The van der Waals surface area contributed by atoms with Crippen molar-refractivity contribution in [3.63, 3.8) is 0 Å². The molecule has 7 heteroatoms. The minimum atomic E-state index is -1.71. The third kappa shape index (κ3) is 3.80. The zero-order valence-corrected chi connectivity index (χ0v) is 10.6. The van der Waals surface area contributed by atoms with Crippen LogP contribution in [-0.4, -0.2) is 33.7 Å². The lowest BCUT2D eigenvalue weighted by molar-refractivity contribution is -0.156. The van der Waals surface area contributed by atoms with Crippen molar-refractivity contribution in [2.75, 3.05) is 0 Å². The second-order valence-corrected chi connectivity index (χ2v) is 4.89. The molecule has 6 nitrogen and oxygen atoms in total. The summed E-state index contributed by atoms with van der Waals surface area (Å²) in [5.74, 6) is -0.641. The summed E-state index contributed by atoms with van der Waals surface area (Å²) in [6.07, 6.45) is 2.71. The Morgan fingerprint density at radius 2 is 2.11 bits per heavy atom. The number of carbonyl (C=O) groups is 1. The Balaban J connectivity index is 2.97. The summed E-state index contributed by atoms with van der Waals surface area (Å²) >= 11 is 0. The van der Waals surface area contributed by atoms with Crippen molar-refractivity contribution in [3.05, 3.63) is 24.0 Å². The van der Waals surface area contributed by atoms with Gasteiger partial charge in [0.05, 0.1) is 0 Å². The fourth-order valence-corrected chi connectivity index (χ4v) is 1.40. The van der Waals surface area contributed by atoms with Gasteiger partial charge in [-0.3, -0.25) is 4.98 Å². The van der Waals surface area contributed by atoms with Crippen molar-refractivity contribution in [1.29, 1.82) is 0 Å². The number of rotatable bonds is 3. The maximum atomic E-state index is 11.8. The van der Waals surface area contributed by atoms with E-state index in [0.717, 1.165) is 0 Å². The first kappa shape index (κ1) is 14.6. The van der Waals surface area contributed by atoms with Crippen molar-refractivity contribution in [3.8, 4) is 0 Å². The average Bonchev–Trinajstić information content (AvgIpc) is 2.25. The molecule has 0 fully saturated rings. The zero-order chi connectivity index (χ0) is 13.9. The molecule has 0 saturated heterocycles. The van der Waals surface area contributed by atoms with Gasteiger partial charge in [0, 0.05) is 12.4 Å². The predicted octanol–water partition coefficient (Wildman–Crippen LogP) is -0.897. The average molecular weight is 252 g/mol. The van der Waals surface area contributed by atoms with Gasteiger partial charge in [-0.1, -0.05) is 0 Å². The fourth-order valence-electron chi connectivity index (χ4n) is 1.40. The Labute approximate surface area is 106 Å². The quantitative estimate of drug-likeness (QED) is 0.475. The molecule has 0 spiro atoms. The van der Waals surface area contributed by atoms with Gasteiger partial charge in [0.1, 0.15) is 11.6 Å². The Kier molecular flexibility index (Phi) is 4.45. The topological polar surface area (TPSA) is 106 Å². The van der Waals surface area contributed by atoms with Gasteiger partial charge in [0.25, 0.3) is 0 Å². The molecule has 0 unspecified atom stereocenters. The van der Waals surface area contributed by atoms with Crippen LogP contribution >= 0.6 is 0 Å². The maximum Gasteiger partial charge on any atom is 0.488 e. The molecule has 0 saturated carbocycles. The molecule has 1 aromatic heterocycles. The van der Waals surface area contributed by atoms with Crippen LogP contribution in [0.5, 0.6) is 0 Å². The van der Waals surface area contributed by atoms with E-state index in [1.54, 1.807) is 20.8 Å². The van der Waals surface area contributed by atoms with E-state index < -0.39 is 24.7 Å². The summed E-state index contributed by atoms with van der Waals surface area (Å²) in [4.78, 5) is 15.6. The maximum absolute atomic E-state index is 11.8. The molecule has 1 aromatic rings. The highest BCUT2D eigenvalue weighted by molar-refractivity contribution is 6.59. The lowest BCUT2D eigenvalue weighted by Crippen LogP contribution is -2.39. The van der Waals surface area contributed by atoms with E-state index in [4.69, 9.17) is 10.5 Å². The van der Waals surface area contributed by atoms with Crippen molar-refractivity contribution in [2.24, 2.45) is 5.73 Å². The first-order valence-corrected chi connectivity index (χ1v) is 5.51. The highest BCUT2D eigenvalue weighted by atomic mass is 16.6. The molecule has 18 heavy (non-hydrogen) atoms. The van der Waals surface area contributed by atoms with E-state index in [0.29, 0.717) is 0 Å². The SMILES string of the molecule is CC(C)(C)OC(=O)[C@H](N)c1cnccc1B(O)O. The van der Waals surface area contributed by atoms with Crippen LogP contribution in [-0.2, 0) is 9.53 Å². The molecule has 0 aliphatic heterocycles. The lowest BCUT2D eigenvalue weighted by Gasteiger charge is -2.23. The molecule has 0 aromatic carbocycles. The Morgan fingerprint density at radius 3 is 2.61 bits per heavy atom. The molecular weight excluding hydrogens is 235 g/mol. The summed E-state index contributed by atoms with van der Waals surface area (Å²) in [6, 6.07) is 0.291. The monoisotopic (exact) mass is 252 g/mol. The number of nitrogens with two attached hydrogens (primary N) is 1. The minimum Gasteiger partial charge on any atom is -0.459 e. The van der Waals surface area contributed by atoms with Crippen LogP contribution in [0.1, 0.15) is 32.4 Å². The molecule has 0 aliphatic carbocycles. The van der Waals surface area contributed by atoms with Crippen LogP contribution in [0, 0.1) is 0 Å². The van der Waals surface area contributed by atoms with Crippen LogP contribution < -0.4 is 11.2 Å². The molecule has 98 valence electrons. The predicted molar refractivity (Wildman–Crippen MR) is 66.8 cm³/mol. The van der Waals surface area contributed by atoms with E-state index in [-0.39, 0.29) is 11.0 Å². The number of nitrogens with zero attached hydrogens (tertiary/aromatic N) is 1. The first-order valence-electron chi connectivity index (χ1n) is 5.51. The molecule has 0 aliphatic rings. The van der Waals surface area contributed by atoms with Crippen LogP contribution in [0.2, 0.25) is 0 Å². The third-order valence-corrected chi connectivity index (χ3v) is 2.16. The second kappa shape index (κ2) is 5.47. The molecule has 0 bridgehead atoms. The summed E-state index contributed by atoms with van der Waals surface area (Å²) in [5, 5.41) is 18.4. The lowest BCUT2D eigenvalue weighted by atomic mass is 9.76. The van der Waals surface area contributed by atoms with Crippen LogP contribution in [0.25, 0.3) is 0 Å². The molecule has 1 rings (SSSR count). The standard InChI is InChI=1S/C11H17BN2O4/c1-11(2,3)18-10(15)9(13)7-6-14-5-4-8(7)12(16)17/h4-6,9,16-17H,13H2,1-3H3/t9-/m1/s1. The fraction of sp³-hybridized carbons (Fsp3) is 0.455. The molecule has 0 radical (unpaired) electrons. The van der Waals surface area contributed by atoms with Gasteiger partial charge in [-0.2, -0.15) is 0 Å². The number of aromatic nitrogens is 1. The van der Waals surface area contributed by atoms with Crippen LogP contribution in [0.3, 0.4) is 0 Å². The number of ether oxygens (including phenoxy) is 1. The molecular formula is C11H17BN2O4. The van der Waals surface area contributed by atoms with Crippen LogP contribution in [0.15, 0.2) is 18.5 Å². The summed E-state index contributed by atoms with van der Waals surface area (Å²) in [5.41, 5.74) is 5.47. The van der Waals surface area contributed by atoms with E-state index in [1.165, 1.54) is 18.5 Å². The summed E-state index contributed by atoms with van der Waals surface area (Å²) in [6.45, 7) is 5.17. The van der Waals surface area contributed by atoms with Gasteiger partial charge in [-0.05, 0) is 37.9 Å². The highest BCUT2D eigenvalue weighted by Gasteiger charge is 2.28. The molecule has 1 atom stereocenters. The molecule has 1 heterocycles. The van der Waals surface area contributed by atoms with Crippen molar-refractivity contribution < 1.29 is 19.6 Å². The van der Waals surface area contributed by atoms with E-state index in [9.17, 15) is 14.8 Å². The third-order valence-electron chi connectivity index (χ3n) is 2.16. The summed E-state index contributed by atoms with van der Waals surface area (Å²) in [7, 11) is -1.71. The van der Waals surface area contributed by atoms with Gasteiger partial charge in [0.2, 0.25) is 0 Å². The molecule has 0 amide bonds. The zero-order valence-electron chi connectivity index (χ0n) is 10.6. The number of hydrogen-bond donors (Lipinski definition) is 3. The van der Waals surface area contributed by atoms with Gasteiger partial charge >= 0.3 is 13.1 Å². The minimum absolute atomic E-state index is 0.142. The number of esters is 1. The van der Waals surface area contributed by atoms with Crippen LogP contribution in [0.4, 0.5) is 0 Å². The number of hydrogen-bond acceptors (Lipinski definition) is 6. The van der Waals surface area contributed by atoms with Crippen molar-refractivity contribution >= 4 is 18.6 Å². The Bertz CT molecular complexity index is 431. The Morgan fingerprint density at radius 1 is 1.50 bits per heavy atom. The highest BCUT2D eigenvalue weighted by Crippen LogP contribution is 2.14. The number of carbonyl (C=O) groups excluding carboxylic acids is 1. The van der Waals surface area contributed by atoms with E-state index in [2.05, 4.69) is 4.98 Å². The normalized spacial score (nSPS) is 13.0. The summed E-state index contributed by atoms with van der Waals surface area (Å²) < 4.78 is 5.13. The van der Waals surface area contributed by atoms with E-state index >= 15 is 0 Å². The number of pyridine rings is 1. The van der Waals surface area contributed by atoms with E-state index in [1.807, 2.05) is 0 Å². The van der Waals surface area contributed by atoms with Gasteiger partial charge < -0.3 is 20.5 Å². The van der Waals surface area contributed by atoms with Crippen molar-refractivity contribution in [1.82, 2.24) is 4.98 Å². The van der Waals surface area contributed by atoms with Gasteiger partial charge in [-0.15, -0.1) is 0 Å². The Hall–Kier alpha value is -1.44. The smallest absolute Gasteiger partial charge is 0.459 e. The largest absolute Gasteiger partial charge is 0.488 e. The first-order chi connectivity index (χ1) is 8.22. The van der Waals surface area contributed by atoms with Gasteiger partial charge in [0.15, 0.2) is 0 Å². The van der Waals surface area contributed by atoms with Gasteiger partial charge in [-0.25, -0.2) is 4.79 Å². The molecule has 4 N–H and O–H groups in total. The van der Waals surface area contributed by atoms with Crippen molar-refractivity contribution in [2.45, 2.75) is 32.4 Å².